The Bertz CT molecular complexity index is 2680. The molecule has 1 aliphatic heterocycles. The summed E-state index contributed by atoms with van der Waals surface area (Å²) in [4.78, 5) is 75.3. The Labute approximate surface area is 333 Å². The van der Waals surface area contributed by atoms with E-state index in [0.717, 1.165) is 17.1 Å². The summed E-state index contributed by atoms with van der Waals surface area (Å²) < 4.78 is 16.1. The number of aryl methyl sites for hydroxylation is 1. The van der Waals surface area contributed by atoms with Crippen LogP contribution in [0.15, 0.2) is 79.3 Å². The lowest BCUT2D eigenvalue weighted by molar-refractivity contribution is -0.137. The number of carbonyl (C=O) groups excluding carboxylic acids is 5. The average Bonchev–Trinajstić information content (AvgIpc) is 3.66. The number of fused-ring (bicyclic) bond motifs is 2. The Morgan fingerprint density at radius 2 is 1.83 bits per heavy atom. The first kappa shape index (κ1) is 39.2. The van der Waals surface area contributed by atoms with Gasteiger partial charge in [0.05, 0.1) is 22.8 Å². The number of benzene rings is 3. The molecule has 3 aromatic heterocycles. The molecular formula is C45H40FN7O5. The first-order valence-electron chi connectivity index (χ1n) is 18.9. The van der Waals surface area contributed by atoms with Crippen molar-refractivity contribution in [3.8, 4) is 34.2 Å². The molecule has 0 saturated carbocycles. The molecule has 1 saturated heterocycles. The maximum absolute atomic E-state index is 16.1. The Balaban J connectivity index is 1.02. The van der Waals surface area contributed by atoms with Crippen LogP contribution in [-0.2, 0) is 22.6 Å². The standard InChI is InChI=1S/C45H40FN7O5/c1-4-30-41(46)32(20-33-35(43(56)47-2)23-51-42(30)33)31-13-8-11-27-19-38(50-22-34(27)31)28-14-15-37(49-21-28)44(57)48-18-6-5-9-26-10-7-12-29(25-54)36(26)24-53(3)39-16-17-40(55)52-45(39)58/h7-8,10-15,19-23,25,39,51H,4,6,16-18,24H2,1-3H3,(H,47,56)(H,48,57)(H,52,55,58). The molecule has 58 heavy (non-hydrogen) atoms. The van der Waals surface area contributed by atoms with Crippen LogP contribution in [-0.4, -0.2) is 76.4 Å². The van der Waals surface area contributed by atoms with Gasteiger partial charge in [-0.15, -0.1) is 0 Å². The number of nitrogens with zero attached hydrogens (tertiary/aromatic N) is 3. The molecule has 6 aromatic rings. The predicted molar refractivity (Wildman–Crippen MR) is 218 cm³/mol. The molecule has 1 aliphatic rings. The van der Waals surface area contributed by atoms with Crippen LogP contribution in [0.2, 0.25) is 0 Å². The molecule has 7 rings (SSSR count). The largest absolute Gasteiger partial charge is 0.360 e. The molecule has 4 amide bonds. The molecule has 1 unspecified atom stereocenters. The van der Waals surface area contributed by atoms with E-state index in [0.29, 0.717) is 80.4 Å². The van der Waals surface area contributed by atoms with E-state index in [2.05, 4.69) is 42.7 Å². The van der Waals surface area contributed by atoms with Crippen molar-refractivity contribution >= 4 is 51.6 Å². The van der Waals surface area contributed by atoms with Crippen molar-refractivity contribution < 1.29 is 28.4 Å². The summed E-state index contributed by atoms with van der Waals surface area (Å²) in [6, 6.07) is 17.3. The Morgan fingerprint density at radius 1 is 1.00 bits per heavy atom. The summed E-state index contributed by atoms with van der Waals surface area (Å²) in [7, 11) is 3.33. The van der Waals surface area contributed by atoms with Crippen molar-refractivity contribution in [3.05, 3.63) is 119 Å². The van der Waals surface area contributed by atoms with Gasteiger partial charge in [0.1, 0.15) is 17.8 Å². The van der Waals surface area contributed by atoms with Crippen LogP contribution in [0.25, 0.3) is 44.1 Å². The lowest BCUT2D eigenvalue weighted by Gasteiger charge is -2.30. The van der Waals surface area contributed by atoms with Gasteiger partial charge in [-0.05, 0) is 66.7 Å². The van der Waals surface area contributed by atoms with Gasteiger partial charge in [0.2, 0.25) is 11.8 Å². The van der Waals surface area contributed by atoms with E-state index < -0.39 is 6.04 Å². The predicted octanol–water partition coefficient (Wildman–Crippen LogP) is 5.73. The number of aldehydes is 1. The fourth-order valence-electron chi connectivity index (χ4n) is 7.37. The Morgan fingerprint density at radius 3 is 2.57 bits per heavy atom. The fraction of sp³-hybridized carbons (Fsp3) is 0.222. The maximum Gasteiger partial charge on any atom is 0.269 e. The molecule has 3 aromatic carbocycles. The minimum absolute atomic E-state index is 0.218. The second-order valence-electron chi connectivity index (χ2n) is 14.0. The summed E-state index contributed by atoms with van der Waals surface area (Å²) >= 11 is 0. The number of hydrogen-bond donors (Lipinski definition) is 4. The molecule has 12 nitrogen and oxygen atoms in total. The molecule has 13 heteroatoms. The molecule has 0 bridgehead atoms. The third kappa shape index (κ3) is 7.83. The number of likely N-dealkylation sites (N-methyl/N-ethyl adjacent to an activating group) is 1. The van der Waals surface area contributed by atoms with Gasteiger partial charge in [0, 0.05) is 90.2 Å². The molecule has 4 N–H and O–H groups in total. The maximum atomic E-state index is 16.1. The Kier molecular flexibility index (Phi) is 11.5. The average molecular weight is 778 g/mol. The number of carbonyl (C=O) groups is 5. The molecular weight excluding hydrogens is 738 g/mol. The molecule has 0 radical (unpaired) electrons. The summed E-state index contributed by atoms with van der Waals surface area (Å²) in [5.41, 5.74) is 5.87. The zero-order valence-corrected chi connectivity index (χ0v) is 32.2. The summed E-state index contributed by atoms with van der Waals surface area (Å²) in [6.45, 7) is 2.42. The molecule has 4 heterocycles. The van der Waals surface area contributed by atoms with Gasteiger partial charge < -0.3 is 15.6 Å². The smallest absolute Gasteiger partial charge is 0.269 e. The number of halogens is 1. The van der Waals surface area contributed by atoms with Gasteiger partial charge in [-0.25, -0.2) is 4.39 Å². The van der Waals surface area contributed by atoms with E-state index >= 15 is 4.39 Å². The highest BCUT2D eigenvalue weighted by molar-refractivity contribution is 6.09. The van der Waals surface area contributed by atoms with Gasteiger partial charge in [0.15, 0.2) is 0 Å². The van der Waals surface area contributed by atoms with Crippen molar-refractivity contribution in [3.63, 3.8) is 0 Å². The van der Waals surface area contributed by atoms with Crippen molar-refractivity contribution in [2.75, 3.05) is 20.6 Å². The second-order valence-corrected chi connectivity index (χ2v) is 14.0. The van der Waals surface area contributed by atoms with Crippen LogP contribution in [0, 0.1) is 17.7 Å². The van der Waals surface area contributed by atoms with Crippen molar-refractivity contribution in [1.29, 1.82) is 0 Å². The minimum atomic E-state index is -0.501. The number of nitrogens with one attached hydrogen (secondary N) is 4. The SMILES string of the molecule is CCc1c(F)c(-c2cccc3cc(-c4ccc(C(=O)NCCC#Cc5cccc(C=O)c5CN(C)C5CCC(=O)NC5=O)nc4)ncc23)cc2c(C(=O)NC)c[nH]c12. The number of piperidine rings is 1. The summed E-state index contributed by atoms with van der Waals surface area (Å²) in [6.07, 6.45) is 7.04. The van der Waals surface area contributed by atoms with Crippen LogP contribution >= 0.6 is 0 Å². The third-order valence-corrected chi connectivity index (χ3v) is 10.4. The van der Waals surface area contributed by atoms with Crippen molar-refractivity contribution in [1.82, 2.24) is 35.8 Å². The fourth-order valence-corrected chi connectivity index (χ4v) is 7.37. The molecule has 1 fully saturated rings. The first-order valence-corrected chi connectivity index (χ1v) is 18.9. The summed E-state index contributed by atoms with van der Waals surface area (Å²) in [5.74, 6) is 4.52. The van der Waals surface area contributed by atoms with E-state index in [4.69, 9.17) is 0 Å². The second kappa shape index (κ2) is 17.0. The Hall–Kier alpha value is -7.04. The van der Waals surface area contributed by atoms with E-state index in [-0.39, 0.29) is 54.7 Å². The van der Waals surface area contributed by atoms with Crippen LogP contribution < -0.4 is 16.0 Å². The number of aromatic nitrogens is 3. The van der Waals surface area contributed by atoms with Gasteiger partial charge in [-0.3, -0.25) is 44.2 Å². The number of hydrogen-bond acceptors (Lipinski definition) is 8. The molecule has 0 aliphatic carbocycles. The lowest BCUT2D eigenvalue weighted by atomic mass is 9.93. The minimum Gasteiger partial charge on any atom is -0.360 e. The number of pyridine rings is 2. The van der Waals surface area contributed by atoms with E-state index in [9.17, 15) is 24.0 Å². The van der Waals surface area contributed by atoms with E-state index in [1.165, 1.54) is 0 Å². The lowest BCUT2D eigenvalue weighted by Crippen LogP contribution is -2.51. The highest BCUT2D eigenvalue weighted by Crippen LogP contribution is 2.37. The van der Waals surface area contributed by atoms with Crippen LogP contribution in [0.5, 0.6) is 0 Å². The quantitative estimate of drug-likeness (QED) is 0.0561. The van der Waals surface area contributed by atoms with Gasteiger partial charge in [0.25, 0.3) is 11.8 Å². The highest BCUT2D eigenvalue weighted by atomic mass is 19.1. The van der Waals surface area contributed by atoms with Crippen molar-refractivity contribution in [2.45, 2.75) is 45.2 Å². The van der Waals surface area contributed by atoms with Gasteiger partial charge in [-0.1, -0.05) is 49.1 Å². The zero-order valence-electron chi connectivity index (χ0n) is 32.2. The number of imide groups is 1. The number of H-pyrrole nitrogens is 1. The third-order valence-electron chi connectivity index (χ3n) is 10.4. The topological polar surface area (TPSA) is 166 Å². The van der Waals surface area contributed by atoms with Crippen LogP contribution in [0.3, 0.4) is 0 Å². The highest BCUT2D eigenvalue weighted by Gasteiger charge is 2.30. The van der Waals surface area contributed by atoms with Gasteiger partial charge in [-0.2, -0.15) is 0 Å². The van der Waals surface area contributed by atoms with Crippen LogP contribution in [0.4, 0.5) is 4.39 Å². The number of rotatable bonds is 11. The normalized spacial score (nSPS) is 13.9. The van der Waals surface area contributed by atoms with Gasteiger partial charge >= 0.3 is 0 Å². The monoisotopic (exact) mass is 777 g/mol. The number of aromatic amines is 1. The summed E-state index contributed by atoms with van der Waals surface area (Å²) in [5, 5.41) is 10.1. The van der Waals surface area contributed by atoms with Crippen LogP contribution in [0.1, 0.15) is 74.1 Å². The molecule has 0 spiro atoms. The molecule has 292 valence electrons. The molecule has 1 atom stereocenters. The first-order chi connectivity index (χ1) is 28.1. The zero-order chi connectivity index (χ0) is 40.9. The van der Waals surface area contributed by atoms with Crippen molar-refractivity contribution in [2.24, 2.45) is 0 Å². The van der Waals surface area contributed by atoms with E-state index in [1.54, 1.807) is 69.1 Å². The number of amides is 4. The van der Waals surface area contributed by atoms with E-state index in [1.807, 2.05) is 36.1 Å².